The van der Waals surface area contributed by atoms with Gasteiger partial charge in [-0.05, 0) is 20.8 Å². The minimum Gasteiger partial charge on any atom is -0.444 e. The first-order valence-corrected chi connectivity index (χ1v) is 7.90. The summed E-state index contributed by atoms with van der Waals surface area (Å²) in [5, 5.41) is 0. The standard InChI is InChI=1S/C12H21F2NO5S/c1-11(2,3)20-10(16)15-5-9(4-12(13,14)7-15)6-19-8-21(17)18/h9,21H,4-8H2,1-3H3. The normalized spacial score (nSPS) is 22.4. The van der Waals surface area contributed by atoms with Gasteiger partial charge in [0.1, 0.15) is 11.5 Å². The quantitative estimate of drug-likeness (QED) is 0.791. The van der Waals surface area contributed by atoms with E-state index in [-0.39, 0.29) is 13.2 Å². The van der Waals surface area contributed by atoms with Crippen LogP contribution in [0, 0.1) is 5.92 Å². The molecule has 21 heavy (non-hydrogen) atoms. The number of ether oxygens (including phenoxy) is 2. The second-order valence-corrected chi connectivity index (χ2v) is 7.04. The Bertz CT molecular complexity index is 439. The van der Waals surface area contributed by atoms with Gasteiger partial charge in [-0.3, -0.25) is 0 Å². The summed E-state index contributed by atoms with van der Waals surface area (Å²) in [6.07, 6.45) is -1.25. The molecule has 0 aromatic heterocycles. The van der Waals surface area contributed by atoms with Crippen LogP contribution in [0.15, 0.2) is 0 Å². The predicted octanol–water partition coefficient (Wildman–Crippen LogP) is 1.46. The number of hydrogen-bond acceptors (Lipinski definition) is 5. The fourth-order valence-corrected chi connectivity index (χ4v) is 2.33. The molecule has 0 aromatic carbocycles. The van der Waals surface area contributed by atoms with Crippen molar-refractivity contribution < 1.29 is 31.5 Å². The fourth-order valence-electron chi connectivity index (χ4n) is 2.08. The third-order valence-electron chi connectivity index (χ3n) is 2.69. The van der Waals surface area contributed by atoms with Crippen molar-refractivity contribution in [1.82, 2.24) is 4.90 Å². The van der Waals surface area contributed by atoms with Gasteiger partial charge in [0, 0.05) is 18.9 Å². The van der Waals surface area contributed by atoms with Crippen molar-refractivity contribution in [2.24, 2.45) is 5.92 Å². The molecule has 1 fully saturated rings. The van der Waals surface area contributed by atoms with Gasteiger partial charge in [-0.25, -0.2) is 22.0 Å². The zero-order valence-electron chi connectivity index (χ0n) is 12.3. The third-order valence-corrected chi connectivity index (χ3v) is 3.08. The van der Waals surface area contributed by atoms with Crippen LogP contribution in [0.5, 0.6) is 0 Å². The van der Waals surface area contributed by atoms with E-state index in [4.69, 9.17) is 9.47 Å². The number of rotatable bonds is 4. The van der Waals surface area contributed by atoms with Crippen molar-refractivity contribution in [3.05, 3.63) is 0 Å². The largest absolute Gasteiger partial charge is 0.444 e. The number of amides is 1. The first kappa shape index (κ1) is 18.1. The van der Waals surface area contributed by atoms with Crippen molar-refractivity contribution in [2.75, 3.05) is 25.6 Å². The lowest BCUT2D eigenvalue weighted by molar-refractivity contribution is -0.0958. The first-order valence-electron chi connectivity index (χ1n) is 6.54. The van der Waals surface area contributed by atoms with Crippen LogP contribution in [-0.4, -0.2) is 56.6 Å². The lowest BCUT2D eigenvalue weighted by Crippen LogP contribution is -2.51. The molecule has 0 aromatic rings. The van der Waals surface area contributed by atoms with E-state index in [9.17, 15) is 22.0 Å². The van der Waals surface area contributed by atoms with Gasteiger partial charge in [0.25, 0.3) is 5.92 Å². The summed E-state index contributed by atoms with van der Waals surface area (Å²) in [5.41, 5.74) is -0.767. The maximum atomic E-state index is 13.7. The van der Waals surface area contributed by atoms with Crippen LogP contribution in [0.25, 0.3) is 0 Å². The Labute approximate surface area is 124 Å². The van der Waals surface area contributed by atoms with E-state index in [1.807, 2.05) is 0 Å². The number of likely N-dealkylation sites (tertiary alicyclic amines) is 1. The molecule has 1 atom stereocenters. The summed E-state index contributed by atoms with van der Waals surface area (Å²) >= 11 is 0. The highest BCUT2D eigenvalue weighted by molar-refractivity contribution is 7.72. The molecule has 1 unspecified atom stereocenters. The topological polar surface area (TPSA) is 72.9 Å². The SMILES string of the molecule is CC(C)(C)OC(=O)N1CC(COC[SH](=O)=O)CC(F)(F)C1. The zero-order chi connectivity index (χ0) is 16.3. The Hall–Kier alpha value is -0.960. The van der Waals surface area contributed by atoms with Gasteiger partial charge in [0.2, 0.25) is 0 Å². The molecule has 0 radical (unpaired) electrons. The molecule has 0 N–H and O–H groups in total. The molecular weight excluding hydrogens is 308 g/mol. The number of nitrogens with zero attached hydrogens (tertiary/aromatic N) is 1. The van der Waals surface area contributed by atoms with Crippen molar-refractivity contribution in [3.8, 4) is 0 Å². The van der Waals surface area contributed by atoms with Crippen LogP contribution in [0.1, 0.15) is 27.2 Å². The molecule has 0 saturated carbocycles. The van der Waals surface area contributed by atoms with Crippen LogP contribution in [-0.2, 0) is 20.2 Å². The second kappa shape index (κ2) is 6.87. The molecule has 1 heterocycles. The van der Waals surface area contributed by atoms with Crippen molar-refractivity contribution in [3.63, 3.8) is 0 Å². The summed E-state index contributed by atoms with van der Waals surface area (Å²) in [7, 11) is -2.71. The summed E-state index contributed by atoms with van der Waals surface area (Å²) in [6.45, 7) is 4.17. The second-order valence-electron chi connectivity index (χ2n) is 6.12. The molecule has 0 spiro atoms. The lowest BCUT2D eigenvalue weighted by atomic mass is 9.96. The summed E-state index contributed by atoms with van der Waals surface area (Å²) < 4.78 is 58.0. The van der Waals surface area contributed by atoms with Crippen molar-refractivity contribution in [1.29, 1.82) is 0 Å². The molecule has 1 aliphatic rings. The summed E-state index contributed by atoms with van der Waals surface area (Å²) in [6, 6.07) is 0. The fraction of sp³-hybridized carbons (Fsp3) is 0.917. The van der Waals surface area contributed by atoms with Gasteiger partial charge < -0.3 is 14.4 Å². The Balaban J connectivity index is 2.62. The minimum atomic E-state index is -3.04. The molecule has 124 valence electrons. The summed E-state index contributed by atoms with van der Waals surface area (Å²) in [4.78, 5) is 12.8. The average Bonchev–Trinajstić information content (AvgIpc) is 2.23. The molecule has 9 heteroatoms. The molecule has 1 aliphatic heterocycles. The van der Waals surface area contributed by atoms with Gasteiger partial charge in [-0.1, -0.05) is 0 Å². The van der Waals surface area contributed by atoms with Gasteiger partial charge in [0.15, 0.2) is 10.7 Å². The zero-order valence-corrected chi connectivity index (χ0v) is 13.2. The highest BCUT2D eigenvalue weighted by Crippen LogP contribution is 2.31. The monoisotopic (exact) mass is 329 g/mol. The van der Waals surface area contributed by atoms with E-state index in [2.05, 4.69) is 0 Å². The highest BCUT2D eigenvalue weighted by Gasteiger charge is 2.43. The van der Waals surface area contributed by atoms with Gasteiger partial charge in [-0.2, -0.15) is 0 Å². The van der Waals surface area contributed by atoms with E-state index >= 15 is 0 Å². The molecule has 0 bridgehead atoms. The van der Waals surface area contributed by atoms with E-state index in [1.54, 1.807) is 20.8 Å². The first-order chi connectivity index (χ1) is 9.48. The third kappa shape index (κ3) is 7.03. The lowest BCUT2D eigenvalue weighted by Gasteiger charge is -2.37. The van der Waals surface area contributed by atoms with Crippen LogP contribution >= 0.6 is 0 Å². The van der Waals surface area contributed by atoms with E-state index in [0.29, 0.717) is 0 Å². The Kier molecular flexibility index (Phi) is 5.92. The Morgan fingerprint density at radius 1 is 1.38 bits per heavy atom. The number of hydrogen-bond donors (Lipinski definition) is 1. The Morgan fingerprint density at radius 2 is 2.00 bits per heavy atom. The molecular formula is C12H21F2NO5S. The number of carbonyl (C=O) groups is 1. The van der Waals surface area contributed by atoms with Crippen molar-refractivity contribution >= 4 is 16.8 Å². The predicted molar refractivity (Wildman–Crippen MR) is 72.0 cm³/mol. The van der Waals surface area contributed by atoms with Crippen LogP contribution in [0.4, 0.5) is 13.6 Å². The maximum Gasteiger partial charge on any atom is 0.410 e. The highest BCUT2D eigenvalue weighted by atomic mass is 32.2. The van der Waals surface area contributed by atoms with Gasteiger partial charge >= 0.3 is 6.09 Å². The molecule has 1 amide bonds. The minimum absolute atomic E-state index is 0.0557. The van der Waals surface area contributed by atoms with Crippen LogP contribution in [0.3, 0.4) is 0 Å². The smallest absolute Gasteiger partial charge is 0.410 e. The van der Waals surface area contributed by atoms with Crippen LogP contribution in [0.2, 0.25) is 0 Å². The summed E-state index contributed by atoms with van der Waals surface area (Å²) in [5.74, 6) is -4.18. The number of carbonyl (C=O) groups excluding carboxylic acids is 1. The van der Waals surface area contributed by atoms with Gasteiger partial charge in [0.05, 0.1) is 13.2 Å². The van der Waals surface area contributed by atoms with E-state index in [0.717, 1.165) is 4.90 Å². The number of alkyl halides is 2. The Morgan fingerprint density at radius 3 is 2.52 bits per heavy atom. The van der Waals surface area contributed by atoms with Crippen LogP contribution < -0.4 is 0 Å². The molecule has 6 nitrogen and oxygen atoms in total. The van der Waals surface area contributed by atoms with E-state index < -0.39 is 53.1 Å². The van der Waals surface area contributed by atoms with Crippen molar-refractivity contribution in [2.45, 2.75) is 38.7 Å². The average molecular weight is 329 g/mol. The maximum absolute atomic E-state index is 13.7. The number of halogens is 2. The number of piperidine rings is 1. The molecule has 0 aliphatic carbocycles. The van der Waals surface area contributed by atoms with Gasteiger partial charge in [-0.15, -0.1) is 0 Å². The molecule has 1 rings (SSSR count). The number of thiol groups is 1. The molecule has 1 saturated heterocycles. The van der Waals surface area contributed by atoms with E-state index in [1.165, 1.54) is 0 Å².